The van der Waals surface area contributed by atoms with Gasteiger partial charge in [-0.05, 0) is 59.7 Å². The number of methoxy groups -OCH3 is 1. The maximum Gasteiger partial charge on any atom is 0.275 e. The highest BCUT2D eigenvalue weighted by Crippen LogP contribution is 2.30. The van der Waals surface area contributed by atoms with Crippen LogP contribution < -0.4 is 10.2 Å². The van der Waals surface area contributed by atoms with Gasteiger partial charge in [-0.3, -0.25) is 4.79 Å². The first-order chi connectivity index (χ1) is 14.5. The van der Waals surface area contributed by atoms with E-state index in [0.717, 1.165) is 26.4 Å². The molecule has 0 saturated heterocycles. The second-order valence-electron chi connectivity index (χ2n) is 6.78. The standard InChI is InChI=1S/C24H19BrN2O3/c1-15-7-9-19(21(25)11-15)22-10-8-18(30-22)14-26-27-24(28)20-12-16-5-3-4-6-17(16)13-23(20)29-2/h3-14H,1-2H3,(H,27,28). The lowest BCUT2D eigenvalue weighted by molar-refractivity contribution is 0.0952. The summed E-state index contributed by atoms with van der Waals surface area (Å²) < 4.78 is 12.2. The Morgan fingerprint density at radius 1 is 1.07 bits per heavy atom. The molecule has 5 nitrogen and oxygen atoms in total. The van der Waals surface area contributed by atoms with E-state index in [4.69, 9.17) is 9.15 Å². The fourth-order valence-corrected chi connectivity index (χ4v) is 3.86. The van der Waals surface area contributed by atoms with Gasteiger partial charge in [0.1, 0.15) is 17.3 Å². The number of amides is 1. The third-order valence-corrected chi connectivity index (χ3v) is 5.34. The van der Waals surface area contributed by atoms with Crippen molar-refractivity contribution in [2.45, 2.75) is 6.92 Å². The predicted octanol–water partition coefficient (Wildman–Crippen LogP) is 5.94. The van der Waals surface area contributed by atoms with E-state index in [1.54, 1.807) is 12.1 Å². The molecule has 3 aromatic carbocycles. The SMILES string of the molecule is COc1cc2ccccc2cc1C(=O)NN=Cc1ccc(-c2ccc(C)cc2Br)o1. The number of ether oxygens (including phenoxy) is 1. The zero-order valence-electron chi connectivity index (χ0n) is 16.5. The average molecular weight is 463 g/mol. The Bertz CT molecular complexity index is 1260. The fraction of sp³-hybridized carbons (Fsp3) is 0.0833. The van der Waals surface area contributed by atoms with E-state index in [1.807, 2.05) is 61.5 Å². The van der Waals surface area contributed by atoms with Crippen LogP contribution in [0.4, 0.5) is 0 Å². The number of carbonyl (C=O) groups excluding carboxylic acids is 1. The second kappa shape index (κ2) is 8.55. The minimum absolute atomic E-state index is 0.359. The molecule has 1 amide bonds. The van der Waals surface area contributed by atoms with Crippen molar-refractivity contribution in [1.29, 1.82) is 0 Å². The first-order valence-electron chi connectivity index (χ1n) is 9.31. The molecule has 1 N–H and O–H groups in total. The maximum atomic E-state index is 12.6. The fourth-order valence-electron chi connectivity index (χ4n) is 3.17. The van der Waals surface area contributed by atoms with Gasteiger partial charge in [0, 0.05) is 10.0 Å². The van der Waals surface area contributed by atoms with Crippen molar-refractivity contribution in [2.24, 2.45) is 5.10 Å². The van der Waals surface area contributed by atoms with Crippen LogP contribution in [0.25, 0.3) is 22.1 Å². The Labute approximate surface area is 182 Å². The minimum atomic E-state index is -0.359. The summed E-state index contributed by atoms with van der Waals surface area (Å²) in [6, 6.07) is 21.1. The predicted molar refractivity (Wildman–Crippen MR) is 122 cm³/mol. The van der Waals surface area contributed by atoms with Crippen LogP contribution in [-0.2, 0) is 0 Å². The monoisotopic (exact) mass is 462 g/mol. The molecule has 0 aliphatic carbocycles. The molecule has 4 rings (SSSR count). The van der Waals surface area contributed by atoms with Gasteiger partial charge in [0.25, 0.3) is 5.91 Å². The van der Waals surface area contributed by atoms with Crippen molar-refractivity contribution < 1.29 is 13.9 Å². The average Bonchev–Trinajstić information content (AvgIpc) is 3.21. The van der Waals surface area contributed by atoms with Crippen molar-refractivity contribution in [1.82, 2.24) is 5.43 Å². The molecule has 0 aliphatic rings. The molecule has 0 bridgehead atoms. The molecule has 0 radical (unpaired) electrons. The van der Waals surface area contributed by atoms with Crippen LogP contribution in [0.2, 0.25) is 0 Å². The molecular weight excluding hydrogens is 444 g/mol. The highest BCUT2D eigenvalue weighted by Gasteiger charge is 2.13. The molecule has 0 spiro atoms. The van der Waals surface area contributed by atoms with Gasteiger partial charge in [-0.2, -0.15) is 5.10 Å². The van der Waals surface area contributed by atoms with Crippen molar-refractivity contribution in [3.63, 3.8) is 0 Å². The number of nitrogens with zero attached hydrogens (tertiary/aromatic N) is 1. The molecule has 0 saturated carbocycles. The van der Waals surface area contributed by atoms with Gasteiger partial charge >= 0.3 is 0 Å². The Kier molecular flexibility index (Phi) is 5.68. The van der Waals surface area contributed by atoms with E-state index in [-0.39, 0.29) is 5.91 Å². The summed E-state index contributed by atoms with van der Waals surface area (Å²) in [6.07, 6.45) is 1.47. The van der Waals surface area contributed by atoms with Crippen molar-refractivity contribution >= 4 is 38.8 Å². The van der Waals surface area contributed by atoms with Gasteiger partial charge in [0.2, 0.25) is 0 Å². The molecule has 30 heavy (non-hydrogen) atoms. The Morgan fingerprint density at radius 2 is 1.83 bits per heavy atom. The van der Waals surface area contributed by atoms with E-state index >= 15 is 0 Å². The highest BCUT2D eigenvalue weighted by atomic mass is 79.9. The summed E-state index contributed by atoms with van der Waals surface area (Å²) in [4.78, 5) is 12.6. The molecule has 1 heterocycles. The number of benzene rings is 3. The molecule has 0 fully saturated rings. The van der Waals surface area contributed by atoms with Crippen LogP contribution in [0.3, 0.4) is 0 Å². The Balaban J connectivity index is 1.50. The number of hydrazone groups is 1. The number of rotatable bonds is 5. The van der Waals surface area contributed by atoms with Crippen LogP contribution in [-0.4, -0.2) is 19.2 Å². The van der Waals surface area contributed by atoms with Gasteiger partial charge < -0.3 is 9.15 Å². The largest absolute Gasteiger partial charge is 0.496 e. The normalized spacial score (nSPS) is 11.2. The van der Waals surface area contributed by atoms with Gasteiger partial charge in [0.15, 0.2) is 0 Å². The van der Waals surface area contributed by atoms with Crippen LogP contribution in [0.1, 0.15) is 21.7 Å². The third-order valence-electron chi connectivity index (χ3n) is 4.69. The number of carbonyl (C=O) groups is 1. The van der Waals surface area contributed by atoms with E-state index in [2.05, 4.69) is 26.5 Å². The lowest BCUT2D eigenvalue weighted by Crippen LogP contribution is -2.18. The summed E-state index contributed by atoms with van der Waals surface area (Å²) in [7, 11) is 1.54. The van der Waals surface area contributed by atoms with Gasteiger partial charge in [-0.25, -0.2) is 5.43 Å². The van der Waals surface area contributed by atoms with Crippen LogP contribution in [0.5, 0.6) is 5.75 Å². The van der Waals surface area contributed by atoms with Crippen molar-refractivity contribution in [2.75, 3.05) is 7.11 Å². The van der Waals surface area contributed by atoms with E-state index in [0.29, 0.717) is 22.8 Å². The smallest absolute Gasteiger partial charge is 0.275 e. The van der Waals surface area contributed by atoms with E-state index in [9.17, 15) is 4.79 Å². The number of hydrogen-bond donors (Lipinski definition) is 1. The lowest BCUT2D eigenvalue weighted by atomic mass is 10.1. The first kappa shape index (κ1) is 19.9. The molecule has 150 valence electrons. The zero-order valence-corrected chi connectivity index (χ0v) is 18.1. The molecule has 6 heteroatoms. The summed E-state index contributed by atoms with van der Waals surface area (Å²) >= 11 is 3.56. The highest BCUT2D eigenvalue weighted by molar-refractivity contribution is 9.10. The van der Waals surface area contributed by atoms with Crippen LogP contribution in [0, 0.1) is 6.92 Å². The number of nitrogens with one attached hydrogen (secondary N) is 1. The van der Waals surface area contributed by atoms with Gasteiger partial charge in [0.05, 0.1) is 18.9 Å². The Morgan fingerprint density at radius 3 is 2.57 bits per heavy atom. The number of halogens is 1. The second-order valence-corrected chi connectivity index (χ2v) is 7.64. The van der Waals surface area contributed by atoms with Gasteiger partial charge in [-0.1, -0.05) is 46.3 Å². The number of fused-ring (bicyclic) bond motifs is 1. The topological polar surface area (TPSA) is 63.8 Å². The molecular formula is C24H19BrN2O3. The van der Waals surface area contributed by atoms with E-state index in [1.165, 1.54) is 13.3 Å². The molecule has 0 atom stereocenters. The van der Waals surface area contributed by atoms with Crippen molar-refractivity contribution in [3.05, 3.63) is 88.1 Å². The third kappa shape index (κ3) is 4.14. The number of aryl methyl sites for hydroxylation is 1. The first-order valence-corrected chi connectivity index (χ1v) is 10.1. The summed E-state index contributed by atoms with van der Waals surface area (Å²) in [6.45, 7) is 2.03. The molecule has 0 unspecified atom stereocenters. The number of hydrogen-bond acceptors (Lipinski definition) is 4. The van der Waals surface area contributed by atoms with Gasteiger partial charge in [-0.15, -0.1) is 0 Å². The quantitative estimate of drug-likeness (QED) is 0.294. The molecule has 0 aliphatic heterocycles. The lowest BCUT2D eigenvalue weighted by Gasteiger charge is -2.09. The Hall–Kier alpha value is -3.38. The van der Waals surface area contributed by atoms with Crippen LogP contribution in [0.15, 0.2) is 80.7 Å². The maximum absolute atomic E-state index is 12.6. The molecule has 1 aromatic heterocycles. The minimum Gasteiger partial charge on any atom is -0.496 e. The summed E-state index contributed by atoms with van der Waals surface area (Å²) in [5.41, 5.74) is 5.06. The van der Waals surface area contributed by atoms with Crippen LogP contribution >= 0.6 is 15.9 Å². The summed E-state index contributed by atoms with van der Waals surface area (Å²) in [5, 5.41) is 5.98. The number of furan rings is 1. The van der Waals surface area contributed by atoms with E-state index < -0.39 is 0 Å². The summed E-state index contributed by atoms with van der Waals surface area (Å²) in [5.74, 6) is 1.38. The van der Waals surface area contributed by atoms with Crippen molar-refractivity contribution in [3.8, 4) is 17.1 Å². The zero-order chi connectivity index (χ0) is 21.1. The molecule has 4 aromatic rings.